The van der Waals surface area contributed by atoms with E-state index < -0.39 is 30.6 Å². The molecule has 1 aromatic rings. The van der Waals surface area contributed by atoms with Gasteiger partial charge in [-0.15, -0.1) is 0 Å². The Kier molecular flexibility index (Phi) is 5.47. The van der Waals surface area contributed by atoms with Crippen LogP contribution in [0.4, 0.5) is 0 Å². The molecule has 6 heteroatoms. The molecule has 0 bridgehead atoms. The van der Waals surface area contributed by atoms with Gasteiger partial charge in [0.15, 0.2) is 0 Å². The van der Waals surface area contributed by atoms with Gasteiger partial charge in [-0.3, -0.25) is 9.59 Å². The Morgan fingerprint density at radius 3 is 2.58 bits per heavy atom. The zero-order chi connectivity index (χ0) is 14.4. The third-order valence-electron chi connectivity index (χ3n) is 2.62. The van der Waals surface area contributed by atoms with Crippen LogP contribution in [0.25, 0.3) is 0 Å². The van der Waals surface area contributed by atoms with Crippen LogP contribution in [0.2, 0.25) is 0 Å². The van der Waals surface area contributed by atoms with Crippen molar-refractivity contribution < 1.29 is 29.6 Å². The third-order valence-corrected chi connectivity index (χ3v) is 2.62. The standard InChI is InChI=1S/C13H16O6/c1-19-12(17)6-8-3-2-4-9(5-8)13(18)10(14)7-11(15)16/h2-5,10,13-14,18H,6-7H2,1H3,(H,15,16). The van der Waals surface area contributed by atoms with Crippen LogP contribution in [0.1, 0.15) is 23.7 Å². The zero-order valence-electron chi connectivity index (χ0n) is 10.4. The number of methoxy groups -OCH3 is 1. The van der Waals surface area contributed by atoms with Crippen molar-refractivity contribution in [1.29, 1.82) is 0 Å². The number of hydrogen-bond acceptors (Lipinski definition) is 5. The van der Waals surface area contributed by atoms with Crippen LogP contribution in [-0.4, -0.2) is 40.5 Å². The molecule has 0 saturated carbocycles. The fourth-order valence-electron chi connectivity index (χ4n) is 1.64. The molecule has 0 amide bonds. The Morgan fingerprint density at radius 1 is 1.32 bits per heavy atom. The van der Waals surface area contributed by atoms with E-state index in [1.165, 1.54) is 13.2 Å². The quantitative estimate of drug-likeness (QED) is 0.640. The largest absolute Gasteiger partial charge is 0.481 e. The summed E-state index contributed by atoms with van der Waals surface area (Å²) in [6, 6.07) is 6.38. The van der Waals surface area contributed by atoms with Crippen molar-refractivity contribution in [2.45, 2.75) is 25.0 Å². The second-order valence-corrected chi connectivity index (χ2v) is 4.11. The number of benzene rings is 1. The van der Waals surface area contributed by atoms with Crippen molar-refractivity contribution in [1.82, 2.24) is 0 Å². The second kappa shape index (κ2) is 6.86. The van der Waals surface area contributed by atoms with E-state index in [1.807, 2.05) is 0 Å². The summed E-state index contributed by atoms with van der Waals surface area (Å²) in [4.78, 5) is 21.6. The monoisotopic (exact) mass is 268 g/mol. The first-order chi connectivity index (χ1) is 8.93. The number of aliphatic carboxylic acids is 1. The fourth-order valence-corrected chi connectivity index (χ4v) is 1.64. The Balaban J connectivity index is 2.80. The van der Waals surface area contributed by atoms with Crippen LogP contribution in [0.3, 0.4) is 0 Å². The molecule has 0 aromatic heterocycles. The van der Waals surface area contributed by atoms with Crippen LogP contribution in [-0.2, 0) is 20.7 Å². The van der Waals surface area contributed by atoms with Crippen molar-refractivity contribution >= 4 is 11.9 Å². The molecule has 0 radical (unpaired) electrons. The number of carbonyl (C=O) groups excluding carboxylic acids is 1. The summed E-state index contributed by atoms with van der Waals surface area (Å²) in [7, 11) is 1.28. The molecule has 3 N–H and O–H groups in total. The molecule has 0 aliphatic heterocycles. The van der Waals surface area contributed by atoms with E-state index in [9.17, 15) is 19.8 Å². The van der Waals surface area contributed by atoms with E-state index in [1.54, 1.807) is 18.2 Å². The summed E-state index contributed by atoms with van der Waals surface area (Å²) in [5.41, 5.74) is 0.973. The normalized spacial score (nSPS) is 13.6. The van der Waals surface area contributed by atoms with Gasteiger partial charge >= 0.3 is 11.9 Å². The highest BCUT2D eigenvalue weighted by molar-refractivity contribution is 5.72. The van der Waals surface area contributed by atoms with Gasteiger partial charge in [0.25, 0.3) is 0 Å². The molecule has 2 unspecified atom stereocenters. The minimum absolute atomic E-state index is 0.0477. The molecule has 0 heterocycles. The Morgan fingerprint density at radius 2 is 2.00 bits per heavy atom. The molecule has 6 nitrogen and oxygen atoms in total. The molecule has 0 saturated heterocycles. The van der Waals surface area contributed by atoms with Crippen LogP contribution in [0, 0.1) is 0 Å². The summed E-state index contributed by atoms with van der Waals surface area (Å²) in [5.74, 6) is -1.62. The van der Waals surface area contributed by atoms with Crippen molar-refractivity contribution in [3.05, 3.63) is 35.4 Å². The Bertz CT molecular complexity index is 456. The molecular formula is C13H16O6. The molecule has 1 aromatic carbocycles. The Labute approximate surface area is 110 Å². The highest BCUT2D eigenvalue weighted by Crippen LogP contribution is 2.20. The first kappa shape index (κ1) is 15.1. The number of aliphatic hydroxyl groups is 2. The van der Waals surface area contributed by atoms with E-state index in [0.717, 1.165) is 0 Å². The summed E-state index contributed by atoms with van der Waals surface area (Å²) >= 11 is 0. The number of rotatable bonds is 6. The number of esters is 1. The highest BCUT2D eigenvalue weighted by Gasteiger charge is 2.21. The molecular weight excluding hydrogens is 252 g/mol. The number of ether oxygens (including phenoxy) is 1. The van der Waals surface area contributed by atoms with Crippen LogP contribution in [0.5, 0.6) is 0 Å². The number of carboxylic acids is 1. The number of carbonyl (C=O) groups is 2. The van der Waals surface area contributed by atoms with E-state index in [2.05, 4.69) is 4.74 Å². The maximum atomic E-state index is 11.1. The molecule has 0 fully saturated rings. The van der Waals surface area contributed by atoms with Gasteiger partial charge in [0.1, 0.15) is 6.10 Å². The van der Waals surface area contributed by atoms with Gasteiger partial charge in [-0.25, -0.2) is 0 Å². The predicted octanol–water partition coefficient (Wildman–Crippen LogP) is 0.271. The first-order valence-corrected chi connectivity index (χ1v) is 5.67. The van der Waals surface area contributed by atoms with Gasteiger partial charge in [0.2, 0.25) is 0 Å². The molecule has 19 heavy (non-hydrogen) atoms. The summed E-state index contributed by atoms with van der Waals surface area (Å²) in [5, 5.41) is 27.9. The predicted molar refractivity (Wildman–Crippen MR) is 65.4 cm³/mol. The average Bonchev–Trinajstić information content (AvgIpc) is 2.37. The average molecular weight is 268 g/mol. The highest BCUT2D eigenvalue weighted by atomic mass is 16.5. The van der Waals surface area contributed by atoms with E-state index >= 15 is 0 Å². The molecule has 2 atom stereocenters. The maximum Gasteiger partial charge on any atom is 0.309 e. The fraction of sp³-hybridized carbons (Fsp3) is 0.385. The number of hydrogen-bond donors (Lipinski definition) is 3. The summed E-state index contributed by atoms with van der Waals surface area (Å²) in [6.07, 6.45) is -3.21. The van der Waals surface area contributed by atoms with Crippen LogP contribution < -0.4 is 0 Å². The minimum atomic E-state index is -1.40. The third kappa shape index (κ3) is 4.69. The van der Waals surface area contributed by atoms with Crippen molar-refractivity contribution in [2.24, 2.45) is 0 Å². The molecule has 104 valence electrons. The van der Waals surface area contributed by atoms with Crippen LogP contribution in [0.15, 0.2) is 24.3 Å². The van der Waals surface area contributed by atoms with Gasteiger partial charge in [0, 0.05) is 0 Å². The van der Waals surface area contributed by atoms with Crippen molar-refractivity contribution in [3.8, 4) is 0 Å². The number of carboxylic acid groups (broad SMARTS) is 1. The summed E-state index contributed by atoms with van der Waals surface area (Å²) in [6.45, 7) is 0. The molecule has 0 aliphatic carbocycles. The van der Waals surface area contributed by atoms with E-state index in [-0.39, 0.29) is 6.42 Å². The lowest BCUT2D eigenvalue weighted by molar-refractivity contribution is -0.141. The summed E-state index contributed by atoms with van der Waals surface area (Å²) < 4.78 is 4.53. The lowest BCUT2D eigenvalue weighted by atomic mass is 9.99. The first-order valence-electron chi connectivity index (χ1n) is 5.67. The molecule has 0 spiro atoms. The maximum absolute atomic E-state index is 11.1. The van der Waals surface area contributed by atoms with E-state index in [0.29, 0.717) is 11.1 Å². The smallest absolute Gasteiger partial charge is 0.309 e. The van der Waals surface area contributed by atoms with Gasteiger partial charge < -0.3 is 20.1 Å². The van der Waals surface area contributed by atoms with Crippen molar-refractivity contribution in [3.63, 3.8) is 0 Å². The topological polar surface area (TPSA) is 104 Å². The lowest BCUT2D eigenvalue weighted by Crippen LogP contribution is -2.21. The Hall–Kier alpha value is -1.92. The second-order valence-electron chi connectivity index (χ2n) is 4.11. The minimum Gasteiger partial charge on any atom is -0.481 e. The molecule has 0 aliphatic rings. The van der Waals surface area contributed by atoms with Gasteiger partial charge in [-0.1, -0.05) is 24.3 Å². The van der Waals surface area contributed by atoms with Crippen molar-refractivity contribution in [2.75, 3.05) is 7.11 Å². The SMILES string of the molecule is COC(=O)Cc1cccc(C(O)C(O)CC(=O)O)c1. The van der Waals surface area contributed by atoms with Gasteiger partial charge in [0.05, 0.1) is 26.1 Å². The zero-order valence-corrected chi connectivity index (χ0v) is 10.4. The van der Waals surface area contributed by atoms with E-state index in [4.69, 9.17) is 5.11 Å². The lowest BCUT2D eigenvalue weighted by Gasteiger charge is -2.17. The molecule has 1 rings (SSSR count). The van der Waals surface area contributed by atoms with Gasteiger partial charge in [-0.2, -0.15) is 0 Å². The number of aliphatic hydroxyl groups excluding tert-OH is 2. The van der Waals surface area contributed by atoms with Gasteiger partial charge in [-0.05, 0) is 11.1 Å². The van der Waals surface area contributed by atoms with Crippen LogP contribution >= 0.6 is 0 Å².